The maximum absolute atomic E-state index is 9.78. The number of hydrogen-bond donors (Lipinski definition) is 2. The Morgan fingerprint density at radius 1 is 1.43 bits per heavy atom. The van der Waals surface area contributed by atoms with Crippen LogP contribution >= 0.6 is 0 Å². The number of rotatable bonds is 1. The van der Waals surface area contributed by atoms with Crippen molar-refractivity contribution in [2.75, 3.05) is 19.6 Å². The predicted octanol–water partition coefficient (Wildman–Crippen LogP) is -0.303. The predicted molar refractivity (Wildman–Crippen MR) is 52.6 cm³/mol. The number of aliphatic hydroxyl groups excluding tert-OH is 1. The molecule has 0 aromatic carbocycles. The van der Waals surface area contributed by atoms with E-state index in [1.165, 1.54) is 0 Å². The molecule has 0 radical (unpaired) electrons. The Labute approximate surface area is 84.5 Å². The van der Waals surface area contributed by atoms with Crippen molar-refractivity contribution in [3.05, 3.63) is 0 Å². The van der Waals surface area contributed by atoms with E-state index in [4.69, 9.17) is 5.26 Å². The minimum atomic E-state index is -0.219. The van der Waals surface area contributed by atoms with Gasteiger partial charge in [-0.3, -0.25) is 4.90 Å². The quantitative estimate of drug-likeness (QED) is 0.603. The normalized spacial score (nSPS) is 39.6. The topological polar surface area (TPSA) is 59.3 Å². The van der Waals surface area contributed by atoms with Crippen molar-refractivity contribution in [1.82, 2.24) is 10.2 Å². The molecule has 4 heteroatoms. The lowest BCUT2D eigenvalue weighted by Gasteiger charge is -2.37. The van der Waals surface area contributed by atoms with Gasteiger partial charge in [-0.1, -0.05) is 0 Å². The first-order valence-corrected chi connectivity index (χ1v) is 5.37. The molecule has 1 saturated heterocycles. The third-order valence-electron chi connectivity index (χ3n) is 3.30. The lowest BCUT2D eigenvalue weighted by molar-refractivity contribution is 0.0464. The summed E-state index contributed by atoms with van der Waals surface area (Å²) < 4.78 is 0. The number of nitrogens with one attached hydrogen (secondary N) is 1. The van der Waals surface area contributed by atoms with Crippen LogP contribution in [-0.2, 0) is 0 Å². The molecule has 14 heavy (non-hydrogen) atoms. The standard InChI is InChI=1S/C10H17N3O/c11-6-8-7-12-4-5-13(8)9-2-1-3-10(9)14/h8-10,12,14H,1-5,7H2. The van der Waals surface area contributed by atoms with Gasteiger partial charge in [0.15, 0.2) is 0 Å². The number of hydrogen-bond acceptors (Lipinski definition) is 4. The Bertz CT molecular complexity index is 238. The Morgan fingerprint density at radius 2 is 2.29 bits per heavy atom. The summed E-state index contributed by atoms with van der Waals surface area (Å²) >= 11 is 0. The smallest absolute Gasteiger partial charge is 0.111 e. The summed E-state index contributed by atoms with van der Waals surface area (Å²) in [6, 6.07) is 2.47. The molecule has 2 rings (SSSR count). The third kappa shape index (κ3) is 1.76. The molecule has 1 aliphatic carbocycles. The van der Waals surface area contributed by atoms with Gasteiger partial charge < -0.3 is 10.4 Å². The zero-order valence-corrected chi connectivity index (χ0v) is 8.32. The van der Waals surface area contributed by atoms with Crippen LogP contribution < -0.4 is 5.32 Å². The van der Waals surface area contributed by atoms with Gasteiger partial charge in [-0.25, -0.2) is 0 Å². The van der Waals surface area contributed by atoms with E-state index in [0.29, 0.717) is 0 Å². The molecule has 0 bridgehead atoms. The van der Waals surface area contributed by atoms with E-state index in [9.17, 15) is 5.11 Å². The summed E-state index contributed by atoms with van der Waals surface area (Å²) in [6.07, 6.45) is 2.81. The van der Waals surface area contributed by atoms with Crippen LogP contribution in [0.1, 0.15) is 19.3 Å². The monoisotopic (exact) mass is 195 g/mol. The zero-order valence-electron chi connectivity index (χ0n) is 8.32. The van der Waals surface area contributed by atoms with E-state index in [0.717, 1.165) is 38.9 Å². The molecular formula is C10H17N3O. The highest BCUT2D eigenvalue weighted by atomic mass is 16.3. The summed E-state index contributed by atoms with van der Waals surface area (Å²) in [5.41, 5.74) is 0. The third-order valence-corrected chi connectivity index (χ3v) is 3.30. The first kappa shape index (κ1) is 9.91. The van der Waals surface area contributed by atoms with E-state index in [1.54, 1.807) is 0 Å². The molecule has 3 atom stereocenters. The van der Waals surface area contributed by atoms with Crippen LogP contribution in [0.15, 0.2) is 0 Å². The molecule has 0 aromatic heterocycles. The van der Waals surface area contributed by atoms with E-state index < -0.39 is 0 Å². The minimum absolute atomic E-state index is 0.0542. The van der Waals surface area contributed by atoms with Crippen LogP contribution in [0.2, 0.25) is 0 Å². The van der Waals surface area contributed by atoms with Gasteiger partial charge >= 0.3 is 0 Å². The number of nitriles is 1. The average molecular weight is 195 g/mol. The summed E-state index contributed by atoms with van der Waals surface area (Å²) in [5.74, 6) is 0. The summed E-state index contributed by atoms with van der Waals surface area (Å²) in [5, 5.41) is 22.0. The van der Waals surface area contributed by atoms with Crippen LogP contribution in [0.3, 0.4) is 0 Å². The molecule has 4 nitrogen and oxygen atoms in total. The Hall–Kier alpha value is -0.630. The lowest BCUT2D eigenvalue weighted by atomic mass is 10.1. The molecule has 1 saturated carbocycles. The van der Waals surface area contributed by atoms with E-state index in [1.807, 2.05) is 0 Å². The maximum Gasteiger partial charge on any atom is 0.111 e. The molecule has 2 N–H and O–H groups in total. The largest absolute Gasteiger partial charge is 0.391 e. The van der Waals surface area contributed by atoms with Gasteiger partial charge in [0, 0.05) is 25.7 Å². The maximum atomic E-state index is 9.78. The SMILES string of the molecule is N#CC1CNCCN1C1CCCC1O. The van der Waals surface area contributed by atoms with Crippen LogP contribution in [0, 0.1) is 11.3 Å². The highest BCUT2D eigenvalue weighted by molar-refractivity contribution is 5.01. The van der Waals surface area contributed by atoms with Crippen molar-refractivity contribution in [3.8, 4) is 6.07 Å². The lowest BCUT2D eigenvalue weighted by Crippen LogP contribution is -2.56. The fourth-order valence-electron chi connectivity index (χ4n) is 2.54. The number of aliphatic hydroxyl groups is 1. The first-order valence-electron chi connectivity index (χ1n) is 5.37. The Morgan fingerprint density at radius 3 is 2.93 bits per heavy atom. The minimum Gasteiger partial charge on any atom is -0.391 e. The van der Waals surface area contributed by atoms with Crippen LogP contribution in [0.4, 0.5) is 0 Å². The van der Waals surface area contributed by atoms with E-state index in [2.05, 4.69) is 16.3 Å². The number of piperazine rings is 1. The molecule has 3 unspecified atom stereocenters. The Balaban J connectivity index is 2.03. The van der Waals surface area contributed by atoms with Crippen molar-refractivity contribution < 1.29 is 5.11 Å². The van der Waals surface area contributed by atoms with Crippen LogP contribution in [0.5, 0.6) is 0 Å². The molecule has 0 spiro atoms. The fourth-order valence-corrected chi connectivity index (χ4v) is 2.54. The second-order valence-electron chi connectivity index (χ2n) is 4.15. The molecule has 0 aromatic rings. The van der Waals surface area contributed by atoms with Crippen molar-refractivity contribution in [2.45, 2.75) is 37.5 Å². The van der Waals surface area contributed by atoms with Gasteiger partial charge in [-0.05, 0) is 19.3 Å². The molecular weight excluding hydrogens is 178 g/mol. The van der Waals surface area contributed by atoms with Gasteiger partial charge in [0.25, 0.3) is 0 Å². The molecule has 1 aliphatic heterocycles. The van der Waals surface area contributed by atoms with Gasteiger partial charge in [-0.15, -0.1) is 0 Å². The fraction of sp³-hybridized carbons (Fsp3) is 0.900. The van der Waals surface area contributed by atoms with Crippen molar-refractivity contribution in [1.29, 1.82) is 5.26 Å². The molecule has 78 valence electrons. The zero-order chi connectivity index (χ0) is 9.97. The van der Waals surface area contributed by atoms with Crippen molar-refractivity contribution in [2.24, 2.45) is 0 Å². The number of nitrogens with zero attached hydrogens (tertiary/aromatic N) is 2. The highest BCUT2D eigenvalue weighted by Crippen LogP contribution is 2.26. The van der Waals surface area contributed by atoms with Crippen molar-refractivity contribution in [3.63, 3.8) is 0 Å². The summed E-state index contributed by atoms with van der Waals surface area (Å²) in [4.78, 5) is 2.17. The average Bonchev–Trinajstić information content (AvgIpc) is 2.64. The van der Waals surface area contributed by atoms with E-state index >= 15 is 0 Å². The highest BCUT2D eigenvalue weighted by Gasteiger charge is 2.35. The summed E-state index contributed by atoms with van der Waals surface area (Å²) in [7, 11) is 0. The van der Waals surface area contributed by atoms with Gasteiger partial charge in [0.05, 0.1) is 12.2 Å². The summed E-state index contributed by atoms with van der Waals surface area (Å²) in [6.45, 7) is 2.56. The molecule has 1 heterocycles. The van der Waals surface area contributed by atoms with Gasteiger partial charge in [0.2, 0.25) is 0 Å². The second kappa shape index (κ2) is 4.26. The molecule has 2 aliphatic rings. The van der Waals surface area contributed by atoms with Gasteiger partial charge in [-0.2, -0.15) is 5.26 Å². The first-order chi connectivity index (χ1) is 6.83. The van der Waals surface area contributed by atoms with Crippen LogP contribution in [0.25, 0.3) is 0 Å². The molecule has 0 amide bonds. The van der Waals surface area contributed by atoms with Crippen LogP contribution in [-0.4, -0.2) is 47.8 Å². The second-order valence-corrected chi connectivity index (χ2v) is 4.15. The van der Waals surface area contributed by atoms with E-state index in [-0.39, 0.29) is 18.2 Å². The molecule has 2 fully saturated rings. The van der Waals surface area contributed by atoms with Crippen molar-refractivity contribution >= 4 is 0 Å². The Kier molecular flexibility index (Phi) is 3.02. The van der Waals surface area contributed by atoms with Gasteiger partial charge in [0.1, 0.15) is 6.04 Å².